The van der Waals surface area contributed by atoms with Gasteiger partial charge in [-0.15, -0.1) is 11.3 Å². The number of carbonyl (C=O) groups is 1. The number of methoxy groups -OCH3 is 1. The molecule has 2 atom stereocenters. The third-order valence-electron chi connectivity index (χ3n) is 3.78. The number of amides is 1. The summed E-state index contributed by atoms with van der Waals surface area (Å²) in [5.74, 6) is 0.0627. The van der Waals surface area contributed by atoms with E-state index in [-0.39, 0.29) is 18.1 Å². The Morgan fingerprint density at radius 3 is 3.15 bits per heavy atom. The Bertz CT molecular complexity index is 411. The molecular weight excluding hydrogens is 274 g/mol. The van der Waals surface area contributed by atoms with Gasteiger partial charge in [0.25, 0.3) is 0 Å². The molecule has 1 aliphatic rings. The normalized spacial score (nSPS) is 23.7. The molecular formula is C14H23N3O2S. The second kappa shape index (κ2) is 7.73. The van der Waals surface area contributed by atoms with Crippen LogP contribution in [0, 0.1) is 0 Å². The van der Waals surface area contributed by atoms with E-state index in [1.54, 1.807) is 18.4 Å². The third-order valence-corrected chi connectivity index (χ3v) is 4.66. The predicted molar refractivity (Wildman–Crippen MR) is 80.6 cm³/mol. The molecule has 2 rings (SSSR count). The number of rotatable bonds is 6. The summed E-state index contributed by atoms with van der Waals surface area (Å²) in [5.41, 5.74) is 5.81. The second-order valence-corrected chi connectivity index (χ2v) is 6.13. The van der Waals surface area contributed by atoms with Crippen LogP contribution in [0.15, 0.2) is 17.5 Å². The molecule has 3 N–H and O–H groups in total. The summed E-state index contributed by atoms with van der Waals surface area (Å²) in [4.78, 5) is 15.3. The van der Waals surface area contributed by atoms with Gasteiger partial charge in [0, 0.05) is 31.1 Å². The molecule has 1 aromatic rings. The zero-order valence-corrected chi connectivity index (χ0v) is 12.7. The fraction of sp³-hybridized carbons (Fsp3) is 0.643. The molecule has 0 aliphatic carbocycles. The number of ether oxygens (including phenoxy) is 1. The Morgan fingerprint density at radius 1 is 1.65 bits per heavy atom. The van der Waals surface area contributed by atoms with Crippen LogP contribution in [0.25, 0.3) is 0 Å². The highest BCUT2D eigenvalue weighted by atomic mass is 32.1. The van der Waals surface area contributed by atoms with Crippen LogP contribution >= 0.6 is 11.3 Å². The van der Waals surface area contributed by atoms with Crippen LogP contribution in [0.3, 0.4) is 0 Å². The van der Waals surface area contributed by atoms with Crippen molar-refractivity contribution >= 4 is 17.2 Å². The topological polar surface area (TPSA) is 67.6 Å². The summed E-state index contributed by atoms with van der Waals surface area (Å²) in [7, 11) is 1.74. The van der Waals surface area contributed by atoms with Crippen molar-refractivity contribution in [3.63, 3.8) is 0 Å². The minimum absolute atomic E-state index is 0.0627. The molecule has 0 saturated carbocycles. The Balaban J connectivity index is 1.77. The van der Waals surface area contributed by atoms with E-state index in [2.05, 4.69) is 10.2 Å². The van der Waals surface area contributed by atoms with Crippen LogP contribution in [0.2, 0.25) is 0 Å². The molecule has 1 aromatic heterocycles. The quantitative estimate of drug-likeness (QED) is 0.815. The van der Waals surface area contributed by atoms with Gasteiger partial charge >= 0.3 is 0 Å². The Labute approximate surface area is 124 Å². The molecule has 1 saturated heterocycles. The highest BCUT2D eigenvalue weighted by molar-refractivity contribution is 7.09. The Morgan fingerprint density at radius 2 is 2.50 bits per heavy atom. The van der Waals surface area contributed by atoms with Crippen molar-refractivity contribution in [1.29, 1.82) is 0 Å². The number of hydrogen-bond donors (Lipinski definition) is 2. The van der Waals surface area contributed by atoms with Gasteiger partial charge in [-0.25, -0.2) is 0 Å². The number of nitrogens with zero attached hydrogens (tertiary/aromatic N) is 1. The minimum atomic E-state index is 0.0627. The first kappa shape index (κ1) is 15.4. The third kappa shape index (κ3) is 4.28. The van der Waals surface area contributed by atoms with Crippen molar-refractivity contribution in [2.45, 2.75) is 31.5 Å². The molecule has 0 bridgehead atoms. The number of thiophene rings is 1. The van der Waals surface area contributed by atoms with Crippen molar-refractivity contribution in [3.05, 3.63) is 22.4 Å². The largest absolute Gasteiger partial charge is 0.381 e. The molecule has 1 aliphatic heterocycles. The molecule has 2 unspecified atom stereocenters. The van der Waals surface area contributed by atoms with Crippen molar-refractivity contribution in [1.82, 2.24) is 10.2 Å². The van der Waals surface area contributed by atoms with Crippen molar-refractivity contribution in [2.75, 3.05) is 26.7 Å². The summed E-state index contributed by atoms with van der Waals surface area (Å²) in [5, 5.41) is 4.98. The predicted octanol–water partition coefficient (Wildman–Crippen LogP) is 0.802. The lowest BCUT2D eigenvalue weighted by molar-refractivity contribution is -0.123. The maximum atomic E-state index is 12.0. The highest BCUT2D eigenvalue weighted by Crippen LogP contribution is 2.18. The average molecular weight is 297 g/mol. The molecule has 1 amide bonds. The lowest BCUT2D eigenvalue weighted by atomic mass is 9.99. The fourth-order valence-electron chi connectivity index (χ4n) is 2.57. The van der Waals surface area contributed by atoms with Gasteiger partial charge in [0.05, 0.1) is 19.2 Å². The van der Waals surface area contributed by atoms with Gasteiger partial charge in [-0.05, 0) is 24.3 Å². The van der Waals surface area contributed by atoms with Gasteiger partial charge < -0.3 is 15.8 Å². The maximum Gasteiger partial charge on any atom is 0.234 e. The minimum Gasteiger partial charge on any atom is -0.381 e. The van der Waals surface area contributed by atoms with Gasteiger partial charge in [-0.1, -0.05) is 6.07 Å². The highest BCUT2D eigenvalue weighted by Gasteiger charge is 2.28. The maximum absolute atomic E-state index is 12.0. The van der Waals surface area contributed by atoms with E-state index in [1.807, 2.05) is 17.5 Å². The summed E-state index contributed by atoms with van der Waals surface area (Å²) < 4.78 is 5.39. The van der Waals surface area contributed by atoms with E-state index in [0.717, 1.165) is 19.4 Å². The standard InChI is InChI=1S/C14H23N3O2S/c1-19-12-4-5-17(11(7-12)8-15)10-14(18)16-9-13-3-2-6-20-13/h2-3,6,11-12H,4-5,7-10,15H2,1H3,(H,16,18). The lowest BCUT2D eigenvalue weighted by Gasteiger charge is -2.37. The van der Waals surface area contributed by atoms with E-state index >= 15 is 0 Å². The molecule has 20 heavy (non-hydrogen) atoms. The zero-order chi connectivity index (χ0) is 14.4. The van der Waals surface area contributed by atoms with E-state index < -0.39 is 0 Å². The van der Waals surface area contributed by atoms with E-state index in [1.165, 1.54) is 4.88 Å². The van der Waals surface area contributed by atoms with Crippen LogP contribution in [0.4, 0.5) is 0 Å². The molecule has 6 heteroatoms. The molecule has 0 spiro atoms. The Hall–Kier alpha value is -0.950. The van der Waals surface area contributed by atoms with Gasteiger partial charge in [0.1, 0.15) is 0 Å². The van der Waals surface area contributed by atoms with Crippen LogP contribution in [-0.4, -0.2) is 49.7 Å². The fourth-order valence-corrected chi connectivity index (χ4v) is 3.21. The molecule has 2 heterocycles. The van der Waals surface area contributed by atoms with E-state index in [9.17, 15) is 4.79 Å². The molecule has 0 aromatic carbocycles. The van der Waals surface area contributed by atoms with Gasteiger partial charge in [-0.2, -0.15) is 0 Å². The lowest BCUT2D eigenvalue weighted by Crippen LogP contribution is -2.51. The molecule has 0 radical (unpaired) electrons. The van der Waals surface area contributed by atoms with E-state index in [4.69, 9.17) is 10.5 Å². The molecule has 1 fully saturated rings. The number of carbonyl (C=O) groups excluding carboxylic acids is 1. The van der Waals surface area contributed by atoms with Crippen LogP contribution in [0.1, 0.15) is 17.7 Å². The molecule has 112 valence electrons. The number of nitrogens with two attached hydrogens (primary N) is 1. The zero-order valence-electron chi connectivity index (χ0n) is 11.9. The van der Waals surface area contributed by atoms with Crippen LogP contribution in [-0.2, 0) is 16.1 Å². The summed E-state index contributed by atoms with van der Waals surface area (Å²) in [6.45, 7) is 2.47. The number of hydrogen-bond acceptors (Lipinski definition) is 5. The second-order valence-electron chi connectivity index (χ2n) is 5.10. The molecule has 5 nitrogen and oxygen atoms in total. The average Bonchev–Trinajstić information content (AvgIpc) is 2.99. The van der Waals surface area contributed by atoms with Gasteiger partial charge in [-0.3, -0.25) is 9.69 Å². The number of likely N-dealkylation sites (tertiary alicyclic amines) is 1. The van der Waals surface area contributed by atoms with Crippen LogP contribution < -0.4 is 11.1 Å². The van der Waals surface area contributed by atoms with E-state index in [0.29, 0.717) is 19.6 Å². The van der Waals surface area contributed by atoms with Crippen molar-refractivity contribution in [3.8, 4) is 0 Å². The number of piperidine rings is 1. The van der Waals surface area contributed by atoms with Crippen molar-refractivity contribution in [2.24, 2.45) is 5.73 Å². The first-order chi connectivity index (χ1) is 9.72. The number of nitrogens with one attached hydrogen (secondary N) is 1. The van der Waals surface area contributed by atoms with Gasteiger partial charge in [0.2, 0.25) is 5.91 Å². The summed E-state index contributed by atoms with van der Waals surface area (Å²) in [6, 6.07) is 4.25. The first-order valence-corrected chi connectivity index (χ1v) is 7.87. The van der Waals surface area contributed by atoms with Crippen molar-refractivity contribution < 1.29 is 9.53 Å². The van der Waals surface area contributed by atoms with Gasteiger partial charge in [0.15, 0.2) is 0 Å². The summed E-state index contributed by atoms with van der Waals surface area (Å²) >= 11 is 1.65. The Kier molecular flexibility index (Phi) is 5.97. The SMILES string of the molecule is COC1CCN(CC(=O)NCc2cccs2)C(CN)C1. The van der Waals surface area contributed by atoms with Crippen LogP contribution in [0.5, 0.6) is 0 Å². The monoisotopic (exact) mass is 297 g/mol. The first-order valence-electron chi connectivity index (χ1n) is 6.99. The smallest absolute Gasteiger partial charge is 0.234 e. The summed E-state index contributed by atoms with van der Waals surface area (Å²) in [6.07, 6.45) is 2.14.